The molecule has 0 saturated carbocycles. The topological polar surface area (TPSA) is 55.6 Å². The Morgan fingerprint density at radius 2 is 1.89 bits per heavy atom. The van der Waals surface area contributed by atoms with Crippen LogP contribution in [0.4, 0.5) is 0 Å². The average Bonchev–Trinajstić information content (AvgIpc) is 2.80. The largest absolute Gasteiger partial charge is 0.313 e. The van der Waals surface area contributed by atoms with Crippen LogP contribution in [0.2, 0.25) is 0 Å². The molecule has 0 radical (unpaired) electrons. The lowest BCUT2D eigenvalue weighted by Gasteiger charge is -2.02. The molecule has 1 aromatic carbocycles. The molecule has 0 saturated heterocycles. The highest BCUT2D eigenvalue weighted by Gasteiger charge is 2.02. The molecule has 0 atom stereocenters. The van der Waals surface area contributed by atoms with E-state index < -0.39 is 0 Å². The summed E-state index contributed by atoms with van der Waals surface area (Å²) in [6.07, 6.45) is 2.31. The molecular weight excluding hydrogens is 226 g/mol. The Labute approximate surface area is 107 Å². The van der Waals surface area contributed by atoms with Crippen LogP contribution in [0.3, 0.4) is 0 Å². The third-order valence-electron chi connectivity index (χ3n) is 2.71. The molecular formula is C13H19N5. The normalized spacial score (nSPS) is 10.8. The second-order valence-corrected chi connectivity index (χ2v) is 4.33. The minimum absolute atomic E-state index is 0.648. The molecule has 2 rings (SSSR count). The number of benzene rings is 1. The summed E-state index contributed by atoms with van der Waals surface area (Å²) >= 11 is 0. The van der Waals surface area contributed by atoms with Gasteiger partial charge in [-0.2, -0.15) is 4.80 Å². The van der Waals surface area contributed by atoms with Crippen molar-refractivity contribution in [3.8, 4) is 0 Å². The van der Waals surface area contributed by atoms with E-state index in [-0.39, 0.29) is 0 Å². The van der Waals surface area contributed by atoms with Crippen molar-refractivity contribution >= 4 is 0 Å². The predicted octanol–water partition coefficient (Wildman–Crippen LogP) is 1.39. The summed E-state index contributed by atoms with van der Waals surface area (Å²) < 4.78 is 0. The van der Waals surface area contributed by atoms with E-state index in [9.17, 15) is 0 Å². The van der Waals surface area contributed by atoms with Gasteiger partial charge in [0.05, 0.1) is 13.1 Å². The monoisotopic (exact) mass is 245 g/mol. The number of aryl methyl sites for hydroxylation is 1. The van der Waals surface area contributed by atoms with E-state index in [4.69, 9.17) is 0 Å². The molecule has 1 heterocycles. The molecule has 5 nitrogen and oxygen atoms in total. The first-order chi connectivity index (χ1) is 8.81. The highest BCUT2D eigenvalue weighted by Crippen LogP contribution is 2.07. The van der Waals surface area contributed by atoms with Crippen molar-refractivity contribution in [2.24, 2.45) is 0 Å². The van der Waals surface area contributed by atoms with Crippen molar-refractivity contribution in [1.82, 2.24) is 25.5 Å². The van der Waals surface area contributed by atoms with Crippen molar-refractivity contribution in [2.45, 2.75) is 32.9 Å². The second kappa shape index (κ2) is 6.26. The zero-order valence-corrected chi connectivity index (χ0v) is 10.9. The van der Waals surface area contributed by atoms with E-state index in [1.54, 1.807) is 4.80 Å². The van der Waals surface area contributed by atoms with Crippen molar-refractivity contribution < 1.29 is 0 Å². The van der Waals surface area contributed by atoms with Gasteiger partial charge in [0, 0.05) is 0 Å². The lowest BCUT2D eigenvalue weighted by molar-refractivity contribution is 0.569. The second-order valence-electron chi connectivity index (χ2n) is 4.33. The summed E-state index contributed by atoms with van der Waals surface area (Å²) in [6, 6.07) is 8.60. The molecule has 5 heteroatoms. The first kappa shape index (κ1) is 12.7. The molecule has 96 valence electrons. The van der Waals surface area contributed by atoms with Crippen LogP contribution < -0.4 is 5.32 Å². The lowest BCUT2D eigenvalue weighted by atomic mass is 10.1. The Morgan fingerprint density at radius 3 is 2.56 bits per heavy atom. The molecule has 1 aromatic heterocycles. The smallest absolute Gasteiger partial charge is 0.188 e. The molecule has 0 aliphatic heterocycles. The first-order valence-corrected chi connectivity index (χ1v) is 6.31. The molecule has 0 amide bonds. The van der Waals surface area contributed by atoms with Gasteiger partial charge >= 0.3 is 0 Å². The van der Waals surface area contributed by atoms with Crippen molar-refractivity contribution in [2.75, 3.05) is 7.05 Å². The Morgan fingerprint density at radius 1 is 1.17 bits per heavy atom. The van der Waals surface area contributed by atoms with Crippen LogP contribution in [0.5, 0.6) is 0 Å². The molecule has 0 spiro atoms. The molecule has 1 N–H and O–H groups in total. The van der Waals surface area contributed by atoms with E-state index in [0.29, 0.717) is 13.1 Å². The first-order valence-electron chi connectivity index (χ1n) is 6.31. The number of nitrogens with one attached hydrogen (secondary N) is 1. The van der Waals surface area contributed by atoms with Crippen LogP contribution >= 0.6 is 0 Å². The SMILES string of the molecule is CCCc1ccc(Cn2nnc(CNC)n2)cc1. The van der Waals surface area contributed by atoms with Crippen molar-refractivity contribution in [1.29, 1.82) is 0 Å². The maximum atomic E-state index is 4.29. The lowest BCUT2D eigenvalue weighted by Crippen LogP contribution is -2.08. The maximum absolute atomic E-state index is 4.29. The zero-order valence-electron chi connectivity index (χ0n) is 10.9. The van der Waals surface area contributed by atoms with E-state index in [1.165, 1.54) is 17.5 Å². The Hall–Kier alpha value is -1.75. The summed E-state index contributed by atoms with van der Waals surface area (Å²) in [5.74, 6) is 0.722. The molecule has 0 unspecified atom stereocenters. The Bertz CT molecular complexity index is 474. The summed E-state index contributed by atoms with van der Waals surface area (Å²) in [6.45, 7) is 3.51. The van der Waals surface area contributed by atoms with Gasteiger partial charge in [-0.15, -0.1) is 10.2 Å². The van der Waals surface area contributed by atoms with Gasteiger partial charge in [0.15, 0.2) is 5.82 Å². The standard InChI is InChI=1S/C13H19N5/c1-3-4-11-5-7-12(8-6-11)10-18-16-13(9-14-2)15-17-18/h5-8,14H,3-4,9-10H2,1-2H3. The fourth-order valence-corrected chi connectivity index (χ4v) is 1.84. The van der Waals surface area contributed by atoms with Crippen LogP contribution in [0, 0.1) is 0 Å². The zero-order chi connectivity index (χ0) is 12.8. The van der Waals surface area contributed by atoms with Crippen LogP contribution in [0.25, 0.3) is 0 Å². The van der Waals surface area contributed by atoms with Gasteiger partial charge in [-0.3, -0.25) is 0 Å². The van der Waals surface area contributed by atoms with Gasteiger partial charge in [-0.05, 0) is 29.8 Å². The Kier molecular flexibility index (Phi) is 4.41. The van der Waals surface area contributed by atoms with Crippen LogP contribution in [0.15, 0.2) is 24.3 Å². The minimum Gasteiger partial charge on any atom is -0.313 e. The molecule has 18 heavy (non-hydrogen) atoms. The van der Waals surface area contributed by atoms with Crippen LogP contribution in [-0.4, -0.2) is 27.3 Å². The van der Waals surface area contributed by atoms with Crippen LogP contribution in [0.1, 0.15) is 30.3 Å². The predicted molar refractivity (Wildman–Crippen MR) is 70.1 cm³/mol. The van der Waals surface area contributed by atoms with Crippen molar-refractivity contribution in [3.63, 3.8) is 0 Å². The van der Waals surface area contributed by atoms with E-state index in [2.05, 4.69) is 51.9 Å². The summed E-state index contributed by atoms with van der Waals surface area (Å²) in [4.78, 5) is 1.63. The number of hydrogen-bond donors (Lipinski definition) is 1. The number of rotatable bonds is 6. The number of nitrogens with zero attached hydrogens (tertiary/aromatic N) is 4. The van der Waals surface area contributed by atoms with Crippen LogP contribution in [-0.2, 0) is 19.5 Å². The molecule has 2 aromatic rings. The average molecular weight is 245 g/mol. The van der Waals surface area contributed by atoms with Gasteiger partial charge in [-0.25, -0.2) is 0 Å². The molecule has 0 aliphatic carbocycles. The van der Waals surface area contributed by atoms with Gasteiger partial charge in [-0.1, -0.05) is 37.6 Å². The highest BCUT2D eigenvalue weighted by molar-refractivity contribution is 5.22. The summed E-state index contributed by atoms with van der Waals surface area (Å²) in [7, 11) is 1.87. The van der Waals surface area contributed by atoms with Gasteiger partial charge in [0.2, 0.25) is 0 Å². The fourth-order valence-electron chi connectivity index (χ4n) is 1.84. The highest BCUT2D eigenvalue weighted by atomic mass is 15.6. The molecule has 0 fully saturated rings. The quantitative estimate of drug-likeness (QED) is 0.835. The van der Waals surface area contributed by atoms with Gasteiger partial charge < -0.3 is 5.32 Å². The third-order valence-corrected chi connectivity index (χ3v) is 2.71. The molecule has 0 bridgehead atoms. The van der Waals surface area contributed by atoms with E-state index in [1.807, 2.05) is 7.05 Å². The fraction of sp³-hybridized carbons (Fsp3) is 0.462. The van der Waals surface area contributed by atoms with E-state index in [0.717, 1.165) is 12.2 Å². The summed E-state index contributed by atoms with van der Waals surface area (Å²) in [5, 5.41) is 15.3. The third kappa shape index (κ3) is 3.37. The Balaban J connectivity index is 1.99. The number of tetrazole rings is 1. The maximum Gasteiger partial charge on any atom is 0.188 e. The van der Waals surface area contributed by atoms with Gasteiger partial charge in [0.25, 0.3) is 0 Å². The number of aromatic nitrogens is 4. The minimum atomic E-state index is 0.648. The molecule has 0 aliphatic rings. The van der Waals surface area contributed by atoms with Gasteiger partial charge in [0.1, 0.15) is 0 Å². The van der Waals surface area contributed by atoms with Crippen molar-refractivity contribution in [3.05, 3.63) is 41.2 Å². The number of hydrogen-bond acceptors (Lipinski definition) is 4. The summed E-state index contributed by atoms with van der Waals surface area (Å²) in [5.41, 5.74) is 2.58. The van der Waals surface area contributed by atoms with E-state index >= 15 is 0 Å².